The van der Waals surface area contributed by atoms with Crippen molar-refractivity contribution in [2.24, 2.45) is 5.73 Å². The van der Waals surface area contributed by atoms with Crippen LogP contribution in [-0.2, 0) is 17.7 Å². The van der Waals surface area contributed by atoms with E-state index in [-0.39, 0.29) is 11.6 Å². The number of nitrogens with two attached hydrogens (primary N) is 1. The number of halogens is 1. The van der Waals surface area contributed by atoms with E-state index in [9.17, 15) is 9.59 Å². The first-order chi connectivity index (χ1) is 15.9. The molecule has 0 saturated carbocycles. The number of carbonyl (C=O) groups is 2. The molecule has 1 aliphatic rings. The van der Waals surface area contributed by atoms with Crippen LogP contribution in [0.3, 0.4) is 0 Å². The molecular weight excluding hydrogens is 539 g/mol. The van der Waals surface area contributed by atoms with Gasteiger partial charge in [0.25, 0.3) is 11.8 Å². The van der Waals surface area contributed by atoms with E-state index in [1.165, 1.54) is 0 Å². The van der Waals surface area contributed by atoms with Crippen molar-refractivity contribution < 1.29 is 19.1 Å². The molecule has 0 aliphatic carbocycles. The van der Waals surface area contributed by atoms with Crippen LogP contribution in [0.5, 0.6) is 5.88 Å². The quantitative estimate of drug-likeness (QED) is 0.314. The smallest absolute Gasteiger partial charge is 0.271 e. The normalized spacial score (nSPS) is 14.3. The number of hydrogen-bond acceptors (Lipinski definition) is 7. The predicted octanol–water partition coefficient (Wildman–Crippen LogP) is 2.31. The van der Waals surface area contributed by atoms with Crippen LogP contribution >= 0.6 is 22.6 Å². The van der Waals surface area contributed by atoms with Crippen molar-refractivity contribution in [2.45, 2.75) is 39.7 Å². The lowest BCUT2D eigenvalue weighted by Crippen LogP contribution is -2.38. The van der Waals surface area contributed by atoms with Crippen molar-refractivity contribution in [3.63, 3.8) is 0 Å². The van der Waals surface area contributed by atoms with Gasteiger partial charge in [-0.1, -0.05) is 20.3 Å². The van der Waals surface area contributed by atoms with Crippen LogP contribution in [0.15, 0.2) is 12.3 Å². The van der Waals surface area contributed by atoms with Crippen LogP contribution in [0, 0.1) is 3.57 Å². The van der Waals surface area contributed by atoms with Gasteiger partial charge in [0.15, 0.2) is 5.69 Å². The Bertz CT molecular complexity index is 974. The lowest BCUT2D eigenvalue weighted by Gasteiger charge is -2.26. The number of ether oxygens (including phenoxy) is 2. The number of nitrogens with zero attached hydrogens (tertiary/aromatic N) is 4. The van der Waals surface area contributed by atoms with Crippen molar-refractivity contribution in [2.75, 3.05) is 44.8 Å². The van der Waals surface area contributed by atoms with Gasteiger partial charge in [-0.05, 0) is 41.5 Å². The molecule has 3 heterocycles. The third-order valence-electron chi connectivity index (χ3n) is 5.40. The average molecular weight is 570 g/mol. The second-order valence-electron chi connectivity index (χ2n) is 7.73. The minimum atomic E-state index is -0.690. The molecule has 3 rings (SSSR count). The van der Waals surface area contributed by atoms with E-state index in [0.717, 1.165) is 41.7 Å². The first-order valence-electron chi connectivity index (χ1n) is 11.2. The van der Waals surface area contributed by atoms with Crippen LogP contribution in [-0.4, -0.2) is 70.9 Å². The number of primary amides is 1. The summed E-state index contributed by atoms with van der Waals surface area (Å²) in [6.45, 7) is 8.96. The molecule has 10 nitrogen and oxygen atoms in total. The summed E-state index contributed by atoms with van der Waals surface area (Å²) in [5.74, 6) is -0.845. The Morgan fingerprint density at radius 1 is 1.27 bits per heavy atom. The fourth-order valence-corrected chi connectivity index (χ4v) is 4.05. The Morgan fingerprint density at radius 3 is 2.70 bits per heavy atom. The summed E-state index contributed by atoms with van der Waals surface area (Å²) < 4.78 is 13.7. The van der Waals surface area contributed by atoms with Gasteiger partial charge in [-0.2, -0.15) is 5.10 Å². The monoisotopic (exact) mass is 570 g/mol. The first kappa shape index (κ1) is 25.4. The molecule has 33 heavy (non-hydrogen) atoms. The topological polar surface area (TPSA) is 125 Å². The number of hydrogen-bond donors (Lipinski definition) is 2. The Kier molecular flexibility index (Phi) is 9.44. The lowest BCUT2D eigenvalue weighted by molar-refractivity contribution is 0.0358. The highest BCUT2D eigenvalue weighted by molar-refractivity contribution is 14.1. The summed E-state index contributed by atoms with van der Waals surface area (Å²) in [5, 5.41) is 7.30. The zero-order valence-electron chi connectivity index (χ0n) is 19.1. The maximum Gasteiger partial charge on any atom is 0.271 e. The average Bonchev–Trinajstić information content (AvgIpc) is 3.16. The Morgan fingerprint density at radius 2 is 2.03 bits per heavy atom. The minimum Gasteiger partial charge on any atom is -0.477 e. The molecule has 1 fully saturated rings. The van der Waals surface area contributed by atoms with E-state index in [2.05, 4.69) is 49.8 Å². The Labute approximate surface area is 207 Å². The molecule has 2 amide bonds. The number of carbonyl (C=O) groups excluding carboxylic acids is 2. The van der Waals surface area contributed by atoms with E-state index in [4.69, 9.17) is 15.2 Å². The predicted molar refractivity (Wildman–Crippen MR) is 133 cm³/mol. The summed E-state index contributed by atoms with van der Waals surface area (Å²) in [6.07, 6.45) is 4.05. The van der Waals surface area contributed by atoms with Gasteiger partial charge in [0.1, 0.15) is 5.56 Å². The van der Waals surface area contributed by atoms with Crippen LogP contribution in [0.2, 0.25) is 0 Å². The van der Waals surface area contributed by atoms with Crippen molar-refractivity contribution >= 4 is 40.1 Å². The fourth-order valence-electron chi connectivity index (χ4n) is 3.60. The van der Waals surface area contributed by atoms with Crippen molar-refractivity contribution in [3.8, 4) is 5.88 Å². The SMILES string of the molecule is CCCCOc1ncc(I)cc1C(=O)Nc1c(C(N)=O)nn(CCN2CCOCC2)c1CC. The minimum absolute atomic E-state index is 0.0502. The highest BCUT2D eigenvalue weighted by Crippen LogP contribution is 2.25. The van der Waals surface area contributed by atoms with Gasteiger partial charge in [0.05, 0.1) is 37.7 Å². The fraction of sp³-hybridized carbons (Fsp3) is 0.545. The van der Waals surface area contributed by atoms with Gasteiger partial charge >= 0.3 is 0 Å². The molecule has 0 unspecified atom stereocenters. The molecule has 3 N–H and O–H groups in total. The molecule has 0 radical (unpaired) electrons. The van der Waals surface area contributed by atoms with E-state index >= 15 is 0 Å². The lowest BCUT2D eigenvalue weighted by atomic mass is 10.2. The first-order valence-corrected chi connectivity index (χ1v) is 12.3. The number of pyridine rings is 1. The maximum atomic E-state index is 13.2. The number of aromatic nitrogens is 3. The molecule has 0 spiro atoms. The molecule has 0 aromatic carbocycles. The number of amides is 2. The molecule has 180 valence electrons. The van der Waals surface area contributed by atoms with Crippen LogP contribution in [0.25, 0.3) is 0 Å². The number of unbranched alkanes of at least 4 members (excludes halogenated alkanes) is 1. The second kappa shape index (κ2) is 12.3. The molecule has 1 aliphatic heterocycles. The molecule has 11 heteroatoms. The van der Waals surface area contributed by atoms with Gasteiger partial charge in [0, 0.05) is 29.4 Å². The zero-order valence-corrected chi connectivity index (χ0v) is 21.3. The molecule has 0 bridgehead atoms. The van der Waals surface area contributed by atoms with Gasteiger partial charge in [-0.15, -0.1) is 0 Å². The van der Waals surface area contributed by atoms with Crippen molar-refractivity contribution in [3.05, 3.63) is 32.8 Å². The number of morpholine rings is 1. The highest BCUT2D eigenvalue weighted by atomic mass is 127. The summed E-state index contributed by atoms with van der Waals surface area (Å²) in [5.41, 5.74) is 7.05. The van der Waals surface area contributed by atoms with Crippen molar-refractivity contribution in [1.82, 2.24) is 19.7 Å². The van der Waals surface area contributed by atoms with Gasteiger partial charge < -0.3 is 20.5 Å². The van der Waals surface area contributed by atoms with Gasteiger partial charge in [-0.25, -0.2) is 4.98 Å². The number of rotatable bonds is 11. The van der Waals surface area contributed by atoms with E-state index in [1.807, 2.05) is 6.92 Å². The third-order valence-corrected chi connectivity index (χ3v) is 5.99. The number of nitrogens with one attached hydrogen (secondary N) is 1. The Hall–Kier alpha value is -2.25. The molecule has 0 atom stereocenters. The van der Waals surface area contributed by atoms with Crippen LogP contribution < -0.4 is 15.8 Å². The standard InChI is InChI=1S/C22H31IN6O4/c1-3-5-10-33-22-16(13-15(23)14-25-22)21(31)26-18-17(4-2)29(27-19(18)20(24)30)7-6-28-8-11-32-12-9-28/h13-14H,3-12H2,1-2H3,(H2,24,30)(H,26,31). The van der Waals surface area contributed by atoms with E-state index in [1.54, 1.807) is 16.9 Å². The van der Waals surface area contributed by atoms with Crippen molar-refractivity contribution in [1.29, 1.82) is 0 Å². The molecule has 2 aromatic heterocycles. The summed E-state index contributed by atoms with van der Waals surface area (Å²) in [7, 11) is 0. The maximum absolute atomic E-state index is 13.2. The largest absolute Gasteiger partial charge is 0.477 e. The zero-order chi connectivity index (χ0) is 23.8. The third kappa shape index (κ3) is 6.64. The summed E-state index contributed by atoms with van der Waals surface area (Å²) in [6, 6.07) is 1.71. The van der Waals surface area contributed by atoms with Crippen LogP contribution in [0.4, 0.5) is 5.69 Å². The highest BCUT2D eigenvalue weighted by Gasteiger charge is 2.25. The summed E-state index contributed by atoms with van der Waals surface area (Å²) in [4.78, 5) is 31.9. The van der Waals surface area contributed by atoms with Gasteiger partial charge in [-0.3, -0.25) is 19.2 Å². The van der Waals surface area contributed by atoms with Gasteiger partial charge in [0.2, 0.25) is 5.88 Å². The molecular formula is C22H31IN6O4. The number of anilines is 1. The molecule has 1 saturated heterocycles. The van der Waals surface area contributed by atoms with E-state index in [0.29, 0.717) is 44.0 Å². The van der Waals surface area contributed by atoms with E-state index < -0.39 is 11.8 Å². The second-order valence-corrected chi connectivity index (χ2v) is 8.97. The van der Waals surface area contributed by atoms with Crippen LogP contribution in [0.1, 0.15) is 53.2 Å². The summed E-state index contributed by atoms with van der Waals surface area (Å²) >= 11 is 2.10. The molecule has 2 aromatic rings. The Balaban J connectivity index is 1.84.